The Balaban J connectivity index is 1.53. The van der Waals surface area contributed by atoms with Gasteiger partial charge in [-0.3, -0.25) is 10.1 Å². The van der Waals surface area contributed by atoms with Gasteiger partial charge in [-0.15, -0.1) is 0 Å². The molecule has 0 bridgehead atoms. The third-order valence-corrected chi connectivity index (χ3v) is 6.29. The van der Waals surface area contributed by atoms with Crippen molar-refractivity contribution in [2.45, 2.75) is 26.7 Å². The van der Waals surface area contributed by atoms with Crippen LogP contribution >= 0.6 is 0 Å². The van der Waals surface area contributed by atoms with Crippen molar-refractivity contribution in [2.24, 2.45) is 0 Å². The lowest BCUT2D eigenvalue weighted by Gasteiger charge is -2.10. The fourth-order valence-electron chi connectivity index (χ4n) is 4.53. The van der Waals surface area contributed by atoms with Crippen LogP contribution in [0.1, 0.15) is 36.7 Å². The van der Waals surface area contributed by atoms with Gasteiger partial charge in [0, 0.05) is 34.1 Å². The van der Waals surface area contributed by atoms with Gasteiger partial charge in [-0.2, -0.15) is 5.10 Å². The van der Waals surface area contributed by atoms with Crippen LogP contribution in [0.15, 0.2) is 91.9 Å². The largest absolute Gasteiger partial charge is 0.358 e. The zero-order chi connectivity index (χ0) is 26.6. The number of aromatic nitrogens is 5. The van der Waals surface area contributed by atoms with Crippen molar-refractivity contribution in [3.05, 3.63) is 115 Å². The minimum Gasteiger partial charge on any atom is -0.358 e. The van der Waals surface area contributed by atoms with Gasteiger partial charge in [0.1, 0.15) is 11.5 Å². The second kappa shape index (κ2) is 10.7. The first kappa shape index (κ1) is 24.9. The highest BCUT2D eigenvalue weighted by atomic mass is 19.1. The SMILES string of the molecule is C=C/C=C(/c1cccc(F)c1)c1nc(-c2n[nH]c3ccc(-c4cncc(NC(=C)CCC)c4)cc23)[nH]c1C. The number of hydrogen-bond acceptors (Lipinski definition) is 4. The second-order valence-corrected chi connectivity index (χ2v) is 9.16. The molecule has 38 heavy (non-hydrogen) atoms. The maximum Gasteiger partial charge on any atom is 0.159 e. The fraction of sp³-hybridized carbons (Fsp3) is 0.129. The molecule has 0 amide bonds. The Labute approximate surface area is 221 Å². The Kier molecular flexibility index (Phi) is 7.00. The molecule has 0 spiro atoms. The van der Waals surface area contributed by atoms with Gasteiger partial charge in [0.15, 0.2) is 5.82 Å². The number of H-pyrrole nitrogens is 2. The summed E-state index contributed by atoms with van der Waals surface area (Å²) in [7, 11) is 0. The number of pyridine rings is 1. The predicted octanol–water partition coefficient (Wildman–Crippen LogP) is 7.81. The number of fused-ring (bicyclic) bond motifs is 1. The lowest BCUT2D eigenvalue weighted by atomic mass is 10.0. The number of allylic oxidation sites excluding steroid dienone is 3. The molecule has 3 heterocycles. The van der Waals surface area contributed by atoms with Crippen LogP contribution in [-0.2, 0) is 0 Å². The summed E-state index contributed by atoms with van der Waals surface area (Å²) in [5, 5.41) is 11.9. The van der Waals surface area contributed by atoms with E-state index in [1.165, 1.54) is 12.1 Å². The molecular formula is C31H29FN6. The summed E-state index contributed by atoms with van der Waals surface area (Å²) in [6.45, 7) is 12.0. The van der Waals surface area contributed by atoms with E-state index in [2.05, 4.69) is 57.7 Å². The minimum atomic E-state index is -0.305. The lowest BCUT2D eigenvalue weighted by Crippen LogP contribution is -1.98. The van der Waals surface area contributed by atoms with Crippen molar-refractivity contribution in [2.75, 3.05) is 5.32 Å². The molecule has 3 N–H and O–H groups in total. The van der Waals surface area contributed by atoms with Gasteiger partial charge >= 0.3 is 0 Å². The van der Waals surface area contributed by atoms with Crippen LogP contribution in [0, 0.1) is 12.7 Å². The number of anilines is 1. The molecule has 5 aromatic rings. The number of imidazole rings is 1. The standard InChI is InChI=1S/C31H29FN6/c1-5-8-19(3)34-25-15-23(17-33-18-25)21-12-13-28-27(16-21)30(38-37-28)31-35-20(4)29(36-31)26(9-6-2)22-10-7-11-24(32)14-22/h6-7,9-18,34H,2-3,5,8H2,1,4H3,(H,35,36)(H,37,38)/b26-9-. The third-order valence-electron chi connectivity index (χ3n) is 6.29. The molecule has 0 fully saturated rings. The quantitative estimate of drug-likeness (QED) is 0.179. The van der Waals surface area contributed by atoms with Gasteiger partial charge in [-0.25, -0.2) is 9.37 Å². The van der Waals surface area contributed by atoms with Crippen molar-refractivity contribution in [1.82, 2.24) is 25.1 Å². The van der Waals surface area contributed by atoms with Gasteiger partial charge < -0.3 is 10.3 Å². The summed E-state index contributed by atoms with van der Waals surface area (Å²) < 4.78 is 14.0. The first-order chi connectivity index (χ1) is 18.5. The van der Waals surface area contributed by atoms with Crippen LogP contribution in [0.3, 0.4) is 0 Å². The fourth-order valence-corrected chi connectivity index (χ4v) is 4.53. The van der Waals surface area contributed by atoms with E-state index in [1.54, 1.807) is 18.3 Å². The van der Waals surface area contributed by atoms with E-state index in [4.69, 9.17) is 4.98 Å². The zero-order valence-electron chi connectivity index (χ0n) is 21.5. The van der Waals surface area contributed by atoms with E-state index >= 15 is 0 Å². The molecule has 2 aromatic carbocycles. The topological polar surface area (TPSA) is 82.3 Å². The average Bonchev–Trinajstić information content (AvgIpc) is 3.50. The smallest absolute Gasteiger partial charge is 0.159 e. The normalized spacial score (nSPS) is 11.6. The average molecular weight is 505 g/mol. The molecular weight excluding hydrogens is 475 g/mol. The van der Waals surface area contributed by atoms with Crippen LogP contribution < -0.4 is 5.32 Å². The number of aryl methyl sites for hydroxylation is 1. The number of nitrogens with zero attached hydrogens (tertiary/aromatic N) is 3. The van der Waals surface area contributed by atoms with Crippen molar-refractivity contribution in [3.63, 3.8) is 0 Å². The number of benzene rings is 2. The number of rotatable bonds is 9. The molecule has 0 saturated heterocycles. The Bertz CT molecular complexity index is 1670. The number of aromatic amines is 2. The van der Waals surface area contributed by atoms with E-state index in [0.717, 1.165) is 63.1 Å². The Morgan fingerprint density at radius 3 is 2.76 bits per heavy atom. The van der Waals surface area contributed by atoms with Crippen LogP contribution in [0.2, 0.25) is 0 Å². The van der Waals surface area contributed by atoms with Crippen LogP contribution in [0.5, 0.6) is 0 Å². The van der Waals surface area contributed by atoms with Crippen molar-refractivity contribution in [1.29, 1.82) is 0 Å². The van der Waals surface area contributed by atoms with Crippen LogP contribution in [0.25, 0.3) is 39.1 Å². The van der Waals surface area contributed by atoms with Gasteiger partial charge in [0.25, 0.3) is 0 Å². The Morgan fingerprint density at radius 1 is 1.11 bits per heavy atom. The van der Waals surface area contributed by atoms with Gasteiger partial charge in [-0.05, 0) is 54.8 Å². The molecule has 6 nitrogen and oxygen atoms in total. The highest BCUT2D eigenvalue weighted by Crippen LogP contribution is 2.33. The summed E-state index contributed by atoms with van der Waals surface area (Å²) in [6, 6.07) is 14.7. The molecule has 0 saturated carbocycles. The second-order valence-electron chi connectivity index (χ2n) is 9.16. The van der Waals surface area contributed by atoms with E-state index < -0.39 is 0 Å². The molecule has 0 aliphatic carbocycles. The number of hydrogen-bond donors (Lipinski definition) is 3. The summed E-state index contributed by atoms with van der Waals surface area (Å²) in [5.74, 6) is 0.316. The zero-order valence-corrected chi connectivity index (χ0v) is 21.5. The summed E-state index contributed by atoms with van der Waals surface area (Å²) in [5.41, 5.74) is 8.51. The molecule has 5 rings (SSSR count). The van der Waals surface area contributed by atoms with Crippen molar-refractivity contribution < 1.29 is 4.39 Å². The highest BCUT2D eigenvalue weighted by molar-refractivity contribution is 5.95. The van der Waals surface area contributed by atoms with Crippen LogP contribution in [0.4, 0.5) is 10.1 Å². The van der Waals surface area contributed by atoms with Gasteiger partial charge in [0.2, 0.25) is 0 Å². The molecule has 0 atom stereocenters. The minimum absolute atomic E-state index is 0.305. The first-order valence-corrected chi connectivity index (χ1v) is 12.5. The Hall–Kier alpha value is -4.78. The third kappa shape index (κ3) is 5.04. The molecule has 7 heteroatoms. The summed E-state index contributed by atoms with van der Waals surface area (Å²) in [6.07, 6.45) is 9.09. The van der Waals surface area contributed by atoms with E-state index in [1.807, 2.05) is 37.4 Å². The van der Waals surface area contributed by atoms with Crippen molar-refractivity contribution in [3.8, 4) is 22.6 Å². The van der Waals surface area contributed by atoms with Crippen molar-refractivity contribution >= 4 is 22.2 Å². The number of halogens is 1. The maximum absolute atomic E-state index is 14.0. The highest BCUT2D eigenvalue weighted by Gasteiger charge is 2.18. The van der Waals surface area contributed by atoms with Crippen LogP contribution in [-0.4, -0.2) is 25.1 Å². The lowest BCUT2D eigenvalue weighted by molar-refractivity contribution is 0.627. The summed E-state index contributed by atoms with van der Waals surface area (Å²) in [4.78, 5) is 12.7. The molecule has 0 unspecified atom stereocenters. The van der Waals surface area contributed by atoms with E-state index in [-0.39, 0.29) is 5.82 Å². The number of nitrogens with one attached hydrogen (secondary N) is 3. The molecule has 190 valence electrons. The molecule has 0 aliphatic heterocycles. The molecule has 0 radical (unpaired) electrons. The first-order valence-electron chi connectivity index (χ1n) is 12.5. The van der Waals surface area contributed by atoms with E-state index in [0.29, 0.717) is 17.2 Å². The van der Waals surface area contributed by atoms with Gasteiger partial charge in [0.05, 0.1) is 23.1 Å². The summed E-state index contributed by atoms with van der Waals surface area (Å²) >= 11 is 0. The molecule has 3 aromatic heterocycles. The maximum atomic E-state index is 14.0. The van der Waals surface area contributed by atoms with E-state index in [9.17, 15) is 4.39 Å². The monoisotopic (exact) mass is 504 g/mol. The predicted molar refractivity (Wildman–Crippen MR) is 153 cm³/mol. The Morgan fingerprint density at radius 2 is 1.97 bits per heavy atom. The van der Waals surface area contributed by atoms with Gasteiger partial charge in [-0.1, -0.05) is 56.9 Å². The molecule has 0 aliphatic rings.